The van der Waals surface area contributed by atoms with Crippen molar-refractivity contribution < 1.29 is 13.6 Å². The Bertz CT molecular complexity index is 859. The number of aromatic nitrogens is 1. The van der Waals surface area contributed by atoms with Crippen molar-refractivity contribution in [2.45, 2.75) is 6.92 Å². The monoisotopic (exact) mass is 283 g/mol. The van der Waals surface area contributed by atoms with E-state index in [1.807, 2.05) is 6.07 Å². The zero-order valence-corrected chi connectivity index (χ0v) is 11.2. The van der Waals surface area contributed by atoms with Crippen molar-refractivity contribution >= 4 is 16.7 Å². The zero-order valence-electron chi connectivity index (χ0n) is 11.2. The SMILES string of the molecule is Cc1ccc(C(=O)c2ccc3ncccc3c2)c(F)c1F. The summed E-state index contributed by atoms with van der Waals surface area (Å²) >= 11 is 0. The number of halogens is 2. The fraction of sp³-hybridized carbons (Fsp3) is 0.0588. The van der Waals surface area contributed by atoms with Crippen LogP contribution in [0.15, 0.2) is 48.7 Å². The van der Waals surface area contributed by atoms with Crippen LogP contribution in [-0.2, 0) is 0 Å². The van der Waals surface area contributed by atoms with Gasteiger partial charge in [-0.1, -0.05) is 12.1 Å². The van der Waals surface area contributed by atoms with Crippen molar-refractivity contribution in [3.63, 3.8) is 0 Å². The average molecular weight is 283 g/mol. The van der Waals surface area contributed by atoms with Crippen molar-refractivity contribution in [1.82, 2.24) is 4.98 Å². The molecule has 104 valence electrons. The third-order valence-corrected chi connectivity index (χ3v) is 3.39. The summed E-state index contributed by atoms with van der Waals surface area (Å²) in [7, 11) is 0. The van der Waals surface area contributed by atoms with Crippen molar-refractivity contribution in [2.75, 3.05) is 0 Å². The van der Waals surface area contributed by atoms with Crippen LogP contribution < -0.4 is 0 Å². The molecule has 0 amide bonds. The molecule has 4 heteroatoms. The summed E-state index contributed by atoms with van der Waals surface area (Å²) in [5, 5.41) is 0.774. The Labute approximate surface area is 120 Å². The summed E-state index contributed by atoms with van der Waals surface area (Å²) in [4.78, 5) is 16.5. The lowest BCUT2D eigenvalue weighted by atomic mass is 10.00. The van der Waals surface area contributed by atoms with Crippen molar-refractivity contribution in [3.05, 3.63) is 77.0 Å². The van der Waals surface area contributed by atoms with Crippen molar-refractivity contribution in [1.29, 1.82) is 0 Å². The molecule has 0 fully saturated rings. The second-order valence-electron chi connectivity index (χ2n) is 4.80. The normalized spacial score (nSPS) is 10.8. The summed E-state index contributed by atoms with van der Waals surface area (Å²) < 4.78 is 27.5. The molecular weight excluding hydrogens is 272 g/mol. The minimum Gasteiger partial charge on any atom is -0.288 e. The summed E-state index contributed by atoms with van der Waals surface area (Å²) in [6, 6.07) is 11.1. The number of carbonyl (C=O) groups is 1. The van der Waals surface area contributed by atoms with Gasteiger partial charge in [0.2, 0.25) is 0 Å². The maximum Gasteiger partial charge on any atom is 0.196 e. The first-order chi connectivity index (χ1) is 10.1. The van der Waals surface area contributed by atoms with Crippen LogP contribution in [0.5, 0.6) is 0 Å². The Kier molecular flexibility index (Phi) is 3.22. The van der Waals surface area contributed by atoms with E-state index in [-0.39, 0.29) is 11.1 Å². The number of hydrogen-bond donors (Lipinski definition) is 0. The van der Waals surface area contributed by atoms with E-state index in [0.717, 1.165) is 10.9 Å². The first-order valence-corrected chi connectivity index (χ1v) is 6.42. The lowest BCUT2D eigenvalue weighted by molar-refractivity contribution is 0.103. The minimum atomic E-state index is -1.11. The first-order valence-electron chi connectivity index (χ1n) is 6.42. The molecule has 0 aliphatic heterocycles. The maximum atomic E-state index is 13.9. The van der Waals surface area contributed by atoms with Gasteiger partial charge in [0.15, 0.2) is 17.4 Å². The highest BCUT2D eigenvalue weighted by Gasteiger charge is 2.18. The van der Waals surface area contributed by atoms with E-state index < -0.39 is 17.4 Å². The van der Waals surface area contributed by atoms with E-state index in [1.54, 1.807) is 30.5 Å². The molecule has 0 spiro atoms. The molecule has 1 heterocycles. The Morgan fingerprint density at radius 2 is 1.86 bits per heavy atom. The lowest BCUT2D eigenvalue weighted by Crippen LogP contribution is -2.07. The molecule has 1 aromatic heterocycles. The fourth-order valence-corrected chi connectivity index (χ4v) is 2.19. The lowest BCUT2D eigenvalue weighted by Gasteiger charge is -2.06. The summed E-state index contributed by atoms with van der Waals surface area (Å²) in [6.07, 6.45) is 1.65. The smallest absolute Gasteiger partial charge is 0.196 e. The minimum absolute atomic E-state index is 0.173. The van der Waals surface area contributed by atoms with Gasteiger partial charge >= 0.3 is 0 Å². The van der Waals surface area contributed by atoms with Crippen LogP contribution in [0.25, 0.3) is 10.9 Å². The number of hydrogen-bond acceptors (Lipinski definition) is 2. The van der Waals surface area contributed by atoms with Crippen LogP contribution in [0.4, 0.5) is 8.78 Å². The van der Waals surface area contributed by atoms with Gasteiger partial charge in [0.1, 0.15) is 0 Å². The van der Waals surface area contributed by atoms with Gasteiger partial charge < -0.3 is 0 Å². The van der Waals surface area contributed by atoms with Gasteiger partial charge in [-0.15, -0.1) is 0 Å². The summed E-state index contributed by atoms with van der Waals surface area (Å²) in [6.45, 7) is 1.45. The van der Waals surface area contributed by atoms with E-state index in [1.165, 1.54) is 19.1 Å². The molecular formula is C17H11F2NO. The second kappa shape index (κ2) is 5.05. The predicted octanol–water partition coefficient (Wildman–Crippen LogP) is 4.05. The highest BCUT2D eigenvalue weighted by atomic mass is 19.2. The molecule has 0 atom stereocenters. The number of benzene rings is 2. The molecule has 0 saturated heterocycles. The standard InChI is InChI=1S/C17H11F2NO/c1-10-4-6-13(16(19)15(10)18)17(21)12-5-7-14-11(9-12)3-2-8-20-14/h2-9H,1H3. The van der Waals surface area contributed by atoms with Gasteiger partial charge in [-0.2, -0.15) is 0 Å². The molecule has 0 bridgehead atoms. The van der Waals surface area contributed by atoms with Gasteiger partial charge in [-0.3, -0.25) is 9.78 Å². The summed E-state index contributed by atoms with van der Waals surface area (Å²) in [5.74, 6) is -2.63. The molecule has 0 aliphatic carbocycles. The first kappa shape index (κ1) is 13.4. The van der Waals surface area contributed by atoms with E-state index in [0.29, 0.717) is 5.56 Å². The number of rotatable bonds is 2. The van der Waals surface area contributed by atoms with E-state index in [4.69, 9.17) is 0 Å². The molecule has 0 unspecified atom stereocenters. The van der Waals surface area contributed by atoms with Gasteiger partial charge in [0.25, 0.3) is 0 Å². The highest BCUT2D eigenvalue weighted by molar-refractivity contribution is 6.10. The number of aryl methyl sites for hydroxylation is 1. The molecule has 3 aromatic rings. The highest BCUT2D eigenvalue weighted by Crippen LogP contribution is 2.21. The molecule has 2 aromatic carbocycles. The zero-order chi connectivity index (χ0) is 15.0. The van der Waals surface area contributed by atoms with Gasteiger partial charge in [0.05, 0.1) is 11.1 Å². The number of fused-ring (bicyclic) bond motifs is 1. The van der Waals surface area contributed by atoms with Crippen LogP contribution in [0.1, 0.15) is 21.5 Å². The largest absolute Gasteiger partial charge is 0.288 e. The molecule has 0 saturated carbocycles. The Morgan fingerprint density at radius 1 is 1.05 bits per heavy atom. The third kappa shape index (κ3) is 2.29. The number of carbonyl (C=O) groups excluding carboxylic acids is 1. The van der Waals surface area contributed by atoms with Gasteiger partial charge in [-0.05, 0) is 42.8 Å². The topological polar surface area (TPSA) is 30.0 Å². The van der Waals surface area contributed by atoms with E-state index in [2.05, 4.69) is 4.98 Å². The Hall–Kier alpha value is -2.62. The van der Waals surface area contributed by atoms with Crippen molar-refractivity contribution in [3.8, 4) is 0 Å². The van der Waals surface area contributed by atoms with Crippen LogP contribution >= 0.6 is 0 Å². The Morgan fingerprint density at radius 3 is 2.67 bits per heavy atom. The van der Waals surface area contributed by atoms with Gasteiger partial charge in [-0.25, -0.2) is 8.78 Å². The van der Waals surface area contributed by atoms with Crippen LogP contribution in [0.3, 0.4) is 0 Å². The number of nitrogens with zero attached hydrogens (tertiary/aromatic N) is 1. The second-order valence-corrected chi connectivity index (χ2v) is 4.80. The number of pyridine rings is 1. The maximum absolute atomic E-state index is 13.9. The van der Waals surface area contributed by atoms with Gasteiger partial charge in [0, 0.05) is 17.1 Å². The van der Waals surface area contributed by atoms with Crippen molar-refractivity contribution in [2.24, 2.45) is 0 Å². The van der Waals surface area contributed by atoms with Crippen LogP contribution in [-0.4, -0.2) is 10.8 Å². The summed E-state index contributed by atoms with van der Waals surface area (Å²) in [5.41, 5.74) is 0.954. The fourth-order valence-electron chi connectivity index (χ4n) is 2.19. The molecule has 0 N–H and O–H groups in total. The van der Waals surface area contributed by atoms with Crippen LogP contribution in [0, 0.1) is 18.6 Å². The quantitative estimate of drug-likeness (QED) is 0.664. The molecule has 0 radical (unpaired) electrons. The van der Waals surface area contributed by atoms with E-state index in [9.17, 15) is 13.6 Å². The Balaban J connectivity index is 2.10. The molecule has 3 rings (SSSR count). The molecule has 2 nitrogen and oxygen atoms in total. The number of ketones is 1. The van der Waals surface area contributed by atoms with E-state index >= 15 is 0 Å². The van der Waals surface area contributed by atoms with Crippen LogP contribution in [0.2, 0.25) is 0 Å². The average Bonchev–Trinajstić information content (AvgIpc) is 2.52. The predicted molar refractivity (Wildman–Crippen MR) is 76.3 cm³/mol. The third-order valence-electron chi connectivity index (χ3n) is 3.39. The molecule has 21 heavy (non-hydrogen) atoms. The molecule has 0 aliphatic rings.